The molecule has 0 fully saturated rings. The van der Waals surface area contributed by atoms with Crippen LogP contribution in [0.15, 0.2) is 48.5 Å². The molecule has 1 amide bonds. The lowest BCUT2D eigenvalue weighted by atomic mass is 10.0. The smallest absolute Gasteiger partial charge is 0.409 e. The maximum atomic E-state index is 10.9. The summed E-state index contributed by atoms with van der Waals surface area (Å²) >= 11 is 0. The Morgan fingerprint density at radius 2 is 1.95 bits per heavy atom. The summed E-state index contributed by atoms with van der Waals surface area (Å²) < 4.78 is 10.5. The molecule has 4 nitrogen and oxygen atoms in total. The zero-order valence-corrected chi connectivity index (χ0v) is 10.6. The molecule has 0 atom stereocenters. The number of benzene rings is 2. The van der Waals surface area contributed by atoms with Crippen molar-refractivity contribution in [3.8, 4) is 22.6 Å². The Morgan fingerprint density at radius 3 is 2.68 bits per heavy atom. The van der Waals surface area contributed by atoms with Crippen molar-refractivity contribution in [3.05, 3.63) is 48.5 Å². The van der Waals surface area contributed by atoms with Crippen LogP contribution in [-0.4, -0.2) is 12.7 Å². The third kappa shape index (κ3) is 3.25. The number of carbonyl (C=O) groups is 1. The lowest BCUT2D eigenvalue weighted by Crippen LogP contribution is -2.16. The van der Waals surface area contributed by atoms with Gasteiger partial charge in [-0.1, -0.05) is 30.3 Å². The minimum absolute atomic E-state index is 0.434. The van der Waals surface area contributed by atoms with Crippen molar-refractivity contribution in [1.82, 2.24) is 0 Å². The number of amides is 1. The summed E-state index contributed by atoms with van der Waals surface area (Å²) in [6.07, 6.45) is -0.826. The topological polar surface area (TPSA) is 61.6 Å². The van der Waals surface area contributed by atoms with Gasteiger partial charge < -0.3 is 15.2 Å². The van der Waals surface area contributed by atoms with Gasteiger partial charge in [0.05, 0.1) is 6.61 Å². The number of para-hydroxylation sites is 1. The highest BCUT2D eigenvalue weighted by Crippen LogP contribution is 2.31. The number of hydrogen-bond donors (Lipinski definition) is 1. The Hall–Kier alpha value is -2.49. The summed E-state index contributed by atoms with van der Waals surface area (Å²) in [5, 5.41) is 0. The zero-order chi connectivity index (χ0) is 13.7. The predicted octanol–water partition coefficient (Wildman–Crippen LogP) is 3.21. The van der Waals surface area contributed by atoms with Crippen LogP contribution in [0, 0.1) is 0 Å². The summed E-state index contributed by atoms with van der Waals surface area (Å²) in [7, 11) is 0. The SMILES string of the molecule is CCOc1cccc(-c2ccccc2OC(N)=O)c1. The van der Waals surface area contributed by atoms with E-state index in [1.54, 1.807) is 12.1 Å². The van der Waals surface area contributed by atoms with E-state index in [0.29, 0.717) is 12.4 Å². The summed E-state index contributed by atoms with van der Waals surface area (Å²) in [6, 6.07) is 14.8. The molecule has 0 aliphatic heterocycles. The fourth-order valence-corrected chi connectivity index (χ4v) is 1.82. The first-order chi connectivity index (χ1) is 9.20. The van der Waals surface area contributed by atoms with Crippen molar-refractivity contribution in [1.29, 1.82) is 0 Å². The fourth-order valence-electron chi connectivity index (χ4n) is 1.82. The van der Waals surface area contributed by atoms with E-state index in [1.165, 1.54) is 0 Å². The molecular formula is C15H15NO3. The monoisotopic (exact) mass is 257 g/mol. The zero-order valence-electron chi connectivity index (χ0n) is 10.6. The van der Waals surface area contributed by atoms with Gasteiger partial charge in [0, 0.05) is 5.56 Å². The molecule has 0 heterocycles. The number of hydrogen-bond acceptors (Lipinski definition) is 3. The van der Waals surface area contributed by atoms with Crippen LogP contribution >= 0.6 is 0 Å². The molecule has 0 unspecified atom stereocenters. The number of rotatable bonds is 4. The van der Waals surface area contributed by atoms with Crippen LogP contribution in [0.25, 0.3) is 11.1 Å². The first kappa shape index (κ1) is 13.0. The number of ether oxygens (including phenoxy) is 2. The third-order valence-electron chi connectivity index (χ3n) is 2.55. The van der Waals surface area contributed by atoms with Gasteiger partial charge in [-0.25, -0.2) is 4.79 Å². The van der Waals surface area contributed by atoms with Gasteiger partial charge in [0.1, 0.15) is 11.5 Å². The lowest BCUT2D eigenvalue weighted by Gasteiger charge is -2.10. The van der Waals surface area contributed by atoms with Crippen molar-refractivity contribution in [2.45, 2.75) is 6.92 Å². The van der Waals surface area contributed by atoms with Crippen LogP contribution in [0.3, 0.4) is 0 Å². The van der Waals surface area contributed by atoms with E-state index in [4.69, 9.17) is 15.2 Å². The van der Waals surface area contributed by atoms with Gasteiger partial charge >= 0.3 is 6.09 Å². The first-order valence-electron chi connectivity index (χ1n) is 6.00. The van der Waals surface area contributed by atoms with E-state index in [-0.39, 0.29) is 0 Å². The van der Waals surface area contributed by atoms with Crippen molar-refractivity contribution < 1.29 is 14.3 Å². The van der Waals surface area contributed by atoms with Gasteiger partial charge in [-0.2, -0.15) is 0 Å². The summed E-state index contributed by atoms with van der Waals surface area (Å²) in [4.78, 5) is 10.9. The Kier molecular flexibility index (Phi) is 4.03. The average molecular weight is 257 g/mol. The largest absolute Gasteiger partial charge is 0.494 e. The standard InChI is InChI=1S/C15H15NO3/c1-2-18-12-7-5-6-11(10-12)13-8-3-4-9-14(13)19-15(16)17/h3-10H,2H2,1H3,(H2,16,17). The number of primary amides is 1. The summed E-state index contributed by atoms with van der Waals surface area (Å²) in [6.45, 7) is 2.53. The molecule has 0 bridgehead atoms. The number of carbonyl (C=O) groups excluding carboxylic acids is 1. The molecule has 0 saturated carbocycles. The van der Waals surface area contributed by atoms with E-state index in [1.807, 2.05) is 43.3 Å². The normalized spacial score (nSPS) is 9.95. The molecule has 2 N–H and O–H groups in total. The highest BCUT2D eigenvalue weighted by atomic mass is 16.5. The van der Waals surface area contributed by atoms with E-state index in [2.05, 4.69) is 0 Å². The second-order valence-electron chi connectivity index (χ2n) is 3.88. The molecule has 2 rings (SSSR count). The van der Waals surface area contributed by atoms with Crippen molar-refractivity contribution in [3.63, 3.8) is 0 Å². The quantitative estimate of drug-likeness (QED) is 0.914. The molecule has 2 aromatic carbocycles. The Bertz CT molecular complexity index is 581. The van der Waals surface area contributed by atoms with Gasteiger partial charge in [-0.15, -0.1) is 0 Å². The maximum absolute atomic E-state index is 10.9. The molecule has 0 saturated heterocycles. The second kappa shape index (κ2) is 5.91. The van der Waals surface area contributed by atoms with Crippen molar-refractivity contribution in [2.75, 3.05) is 6.61 Å². The Morgan fingerprint density at radius 1 is 1.16 bits per heavy atom. The van der Waals surface area contributed by atoms with Crippen LogP contribution in [-0.2, 0) is 0 Å². The highest BCUT2D eigenvalue weighted by Gasteiger charge is 2.08. The van der Waals surface area contributed by atoms with Crippen molar-refractivity contribution in [2.24, 2.45) is 5.73 Å². The van der Waals surface area contributed by atoms with E-state index in [9.17, 15) is 4.79 Å². The van der Waals surface area contributed by atoms with Gasteiger partial charge in [-0.05, 0) is 30.7 Å². The van der Waals surface area contributed by atoms with Gasteiger partial charge in [-0.3, -0.25) is 0 Å². The van der Waals surface area contributed by atoms with Crippen LogP contribution in [0.4, 0.5) is 4.79 Å². The molecule has 2 aromatic rings. The Balaban J connectivity index is 2.40. The molecule has 0 aliphatic carbocycles. The van der Waals surface area contributed by atoms with E-state index < -0.39 is 6.09 Å². The molecule has 19 heavy (non-hydrogen) atoms. The van der Waals surface area contributed by atoms with E-state index in [0.717, 1.165) is 16.9 Å². The molecular weight excluding hydrogens is 242 g/mol. The number of nitrogens with two attached hydrogens (primary N) is 1. The fraction of sp³-hybridized carbons (Fsp3) is 0.133. The van der Waals surface area contributed by atoms with Crippen LogP contribution in [0.1, 0.15) is 6.92 Å². The third-order valence-corrected chi connectivity index (χ3v) is 2.55. The minimum Gasteiger partial charge on any atom is -0.494 e. The molecule has 0 radical (unpaired) electrons. The molecule has 0 aromatic heterocycles. The van der Waals surface area contributed by atoms with Gasteiger partial charge in [0.2, 0.25) is 0 Å². The molecule has 98 valence electrons. The molecule has 0 aliphatic rings. The Labute approximate surface area is 111 Å². The first-order valence-corrected chi connectivity index (χ1v) is 6.00. The van der Waals surface area contributed by atoms with Gasteiger partial charge in [0.15, 0.2) is 0 Å². The van der Waals surface area contributed by atoms with Gasteiger partial charge in [0.25, 0.3) is 0 Å². The summed E-state index contributed by atoms with van der Waals surface area (Å²) in [5.41, 5.74) is 6.76. The van der Waals surface area contributed by atoms with E-state index >= 15 is 0 Å². The maximum Gasteiger partial charge on any atom is 0.409 e. The average Bonchev–Trinajstić information content (AvgIpc) is 2.39. The minimum atomic E-state index is -0.826. The highest BCUT2D eigenvalue weighted by molar-refractivity contribution is 5.76. The lowest BCUT2D eigenvalue weighted by molar-refractivity contribution is 0.211. The van der Waals surface area contributed by atoms with Crippen LogP contribution in [0.5, 0.6) is 11.5 Å². The molecule has 4 heteroatoms. The predicted molar refractivity (Wildman–Crippen MR) is 73.3 cm³/mol. The molecule has 0 spiro atoms. The van der Waals surface area contributed by atoms with Crippen LogP contribution < -0.4 is 15.2 Å². The van der Waals surface area contributed by atoms with Crippen LogP contribution in [0.2, 0.25) is 0 Å². The van der Waals surface area contributed by atoms with Crippen molar-refractivity contribution >= 4 is 6.09 Å². The second-order valence-corrected chi connectivity index (χ2v) is 3.88. The summed E-state index contributed by atoms with van der Waals surface area (Å²) in [5.74, 6) is 1.21.